The van der Waals surface area contributed by atoms with E-state index < -0.39 is 28.2 Å². The van der Waals surface area contributed by atoms with E-state index in [4.69, 9.17) is 0 Å². The Kier molecular flexibility index (Phi) is 3.72. The Morgan fingerprint density at radius 1 is 1.00 bits per heavy atom. The van der Waals surface area contributed by atoms with E-state index in [2.05, 4.69) is 9.47 Å². The third-order valence-corrected chi connectivity index (χ3v) is 3.52. The van der Waals surface area contributed by atoms with Gasteiger partial charge in [0.1, 0.15) is 5.25 Å². The van der Waals surface area contributed by atoms with Gasteiger partial charge in [-0.25, -0.2) is 0 Å². The highest BCUT2D eigenvalue weighted by atomic mass is 32.5. The van der Waals surface area contributed by atoms with Gasteiger partial charge in [-0.15, -0.1) is 0 Å². The molecule has 0 radical (unpaired) electrons. The van der Waals surface area contributed by atoms with Gasteiger partial charge < -0.3 is 9.47 Å². The molecule has 2 nitrogen and oxygen atoms in total. The molecule has 0 aliphatic rings. The Hall–Kier alpha value is -0.0800. The molecule has 1 atom stereocenters. The summed E-state index contributed by atoms with van der Waals surface area (Å²) in [5, 5.41) is -2.86. The molecule has 0 fully saturated rings. The Bertz CT molecular complexity index is 209. The van der Waals surface area contributed by atoms with Gasteiger partial charge >= 0.3 is 0 Å². The van der Waals surface area contributed by atoms with Crippen molar-refractivity contribution < 1.29 is 28.9 Å². The molecular formula is C7H15F5O2S. The van der Waals surface area contributed by atoms with Gasteiger partial charge in [0.25, 0.3) is 10.2 Å². The second-order valence-corrected chi connectivity index (χ2v) is 5.86. The minimum atomic E-state index is -9.57. The van der Waals surface area contributed by atoms with Crippen molar-refractivity contribution in [3.05, 3.63) is 0 Å². The number of halogens is 5. The quantitative estimate of drug-likeness (QED) is 0.528. The van der Waals surface area contributed by atoms with Gasteiger partial charge in [-0.1, -0.05) is 32.8 Å². The monoisotopic (exact) mass is 258 g/mol. The predicted octanol–water partition coefficient (Wildman–Crippen LogP) is 4.07. The average molecular weight is 258 g/mol. The number of ether oxygens (including phenoxy) is 2. The van der Waals surface area contributed by atoms with Gasteiger partial charge in [0.15, 0.2) is 6.29 Å². The highest BCUT2D eigenvalue weighted by molar-refractivity contribution is 8.46. The molecule has 0 saturated carbocycles. The van der Waals surface area contributed by atoms with E-state index in [1.165, 1.54) is 6.92 Å². The van der Waals surface area contributed by atoms with Crippen LogP contribution < -0.4 is 0 Å². The number of hydrogen-bond acceptors (Lipinski definition) is 2. The van der Waals surface area contributed by atoms with Crippen molar-refractivity contribution in [1.82, 2.24) is 0 Å². The Balaban J connectivity index is 5.15. The molecule has 0 aromatic heterocycles. The molecule has 0 heterocycles. The van der Waals surface area contributed by atoms with Gasteiger partial charge in [0.05, 0.1) is 0 Å². The minimum Gasteiger partial charge on any atom is -0.354 e. The van der Waals surface area contributed by atoms with Gasteiger partial charge in [-0.3, -0.25) is 0 Å². The molecule has 0 aliphatic carbocycles. The van der Waals surface area contributed by atoms with Crippen molar-refractivity contribution in [2.45, 2.75) is 31.3 Å². The molecule has 15 heavy (non-hydrogen) atoms. The van der Waals surface area contributed by atoms with E-state index in [1.807, 2.05) is 0 Å². The molecule has 0 rings (SSSR count). The Morgan fingerprint density at radius 2 is 1.40 bits per heavy atom. The fourth-order valence-corrected chi connectivity index (χ4v) is 2.58. The summed E-state index contributed by atoms with van der Waals surface area (Å²) in [6.07, 6.45) is -2.70. The lowest BCUT2D eigenvalue weighted by Gasteiger charge is -2.48. The van der Waals surface area contributed by atoms with E-state index >= 15 is 0 Å². The van der Waals surface area contributed by atoms with Gasteiger partial charge in [0, 0.05) is 14.2 Å². The molecule has 0 aromatic rings. The molecule has 8 heteroatoms. The first-order chi connectivity index (χ1) is 6.46. The highest BCUT2D eigenvalue weighted by Gasteiger charge is 2.72. The third-order valence-electron chi connectivity index (χ3n) is 1.91. The lowest BCUT2D eigenvalue weighted by molar-refractivity contribution is -0.109. The van der Waals surface area contributed by atoms with Crippen molar-refractivity contribution in [2.75, 3.05) is 14.2 Å². The molecule has 0 spiro atoms. The Morgan fingerprint density at radius 3 is 1.60 bits per heavy atom. The number of rotatable bonds is 6. The molecule has 0 aliphatic heterocycles. The maximum Gasteiger partial charge on any atom is 0.292 e. The van der Waals surface area contributed by atoms with Gasteiger partial charge in [-0.05, 0) is 6.42 Å². The van der Waals surface area contributed by atoms with Crippen molar-refractivity contribution in [2.24, 2.45) is 0 Å². The van der Waals surface area contributed by atoms with Crippen LogP contribution in [0.4, 0.5) is 19.4 Å². The Labute approximate surface area is 85.5 Å². The molecule has 0 bridgehead atoms. The zero-order chi connectivity index (χ0) is 12.4. The third kappa shape index (κ3) is 4.52. The average Bonchev–Trinajstić information content (AvgIpc) is 2.01. The fraction of sp³-hybridized carbons (Fsp3) is 1.00. The van der Waals surface area contributed by atoms with Gasteiger partial charge in [-0.2, -0.15) is 0 Å². The summed E-state index contributed by atoms with van der Waals surface area (Å²) in [6, 6.07) is 0. The largest absolute Gasteiger partial charge is 0.354 e. The summed E-state index contributed by atoms with van der Waals surface area (Å²) in [4.78, 5) is 0. The zero-order valence-electron chi connectivity index (χ0n) is 8.68. The van der Waals surface area contributed by atoms with E-state index in [1.54, 1.807) is 0 Å². The van der Waals surface area contributed by atoms with Crippen LogP contribution in [0.1, 0.15) is 19.8 Å². The number of methoxy groups -OCH3 is 2. The second-order valence-electron chi connectivity index (χ2n) is 3.20. The van der Waals surface area contributed by atoms with E-state index in [9.17, 15) is 19.4 Å². The van der Waals surface area contributed by atoms with Crippen molar-refractivity contribution in [3.8, 4) is 0 Å². The SMILES string of the molecule is CCCC(C(OC)OC)S(F)(F)(F)(F)F. The summed E-state index contributed by atoms with van der Waals surface area (Å²) in [5.41, 5.74) is 0. The van der Waals surface area contributed by atoms with Gasteiger partial charge in [0.2, 0.25) is 0 Å². The second kappa shape index (κ2) is 3.74. The first kappa shape index (κ1) is 14.9. The van der Waals surface area contributed by atoms with Crippen LogP contribution in [0.2, 0.25) is 0 Å². The molecule has 0 saturated heterocycles. The topological polar surface area (TPSA) is 18.5 Å². The van der Waals surface area contributed by atoms with Crippen molar-refractivity contribution in [3.63, 3.8) is 0 Å². The van der Waals surface area contributed by atoms with Crippen molar-refractivity contribution >= 4 is 10.2 Å². The zero-order valence-corrected chi connectivity index (χ0v) is 9.50. The summed E-state index contributed by atoms with van der Waals surface area (Å²) < 4.78 is 71.2. The van der Waals surface area contributed by atoms with Crippen LogP contribution in [0.5, 0.6) is 0 Å². The highest BCUT2D eigenvalue weighted by Crippen LogP contribution is 3.01. The summed E-state index contributed by atoms with van der Waals surface area (Å²) in [7, 11) is -7.76. The predicted molar refractivity (Wildman–Crippen MR) is 49.6 cm³/mol. The molecule has 0 N–H and O–H groups in total. The molecule has 0 amide bonds. The minimum absolute atomic E-state index is 0.0283. The van der Waals surface area contributed by atoms with Crippen LogP contribution in [0.15, 0.2) is 0 Å². The van der Waals surface area contributed by atoms with Crippen LogP contribution in [0.3, 0.4) is 0 Å². The normalized spacial score (nSPS) is 19.8. The van der Waals surface area contributed by atoms with Crippen molar-refractivity contribution in [1.29, 1.82) is 0 Å². The smallest absolute Gasteiger partial charge is 0.292 e. The molecular weight excluding hydrogens is 243 g/mol. The first-order valence-electron chi connectivity index (χ1n) is 4.24. The summed E-state index contributed by atoms with van der Waals surface area (Å²) in [6.45, 7) is 1.39. The maximum atomic E-state index is 12.5. The number of hydrogen-bond donors (Lipinski definition) is 0. The fourth-order valence-electron chi connectivity index (χ4n) is 1.25. The van der Waals surface area contributed by atoms with Crippen LogP contribution >= 0.6 is 10.2 Å². The lowest BCUT2D eigenvalue weighted by atomic mass is 10.2. The van der Waals surface area contributed by atoms with Crippen LogP contribution in [-0.2, 0) is 9.47 Å². The van der Waals surface area contributed by atoms with E-state index in [0.717, 1.165) is 14.2 Å². The summed E-state index contributed by atoms with van der Waals surface area (Å²) in [5.74, 6) is 0. The van der Waals surface area contributed by atoms with Crippen LogP contribution in [-0.4, -0.2) is 25.8 Å². The van der Waals surface area contributed by atoms with Crippen LogP contribution in [0, 0.1) is 0 Å². The molecule has 1 unspecified atom stereocenters. The maximum absolute atomic E-state index is 12.5. The van der Waals surface area contributed by atoms with E-state index in [-0.39, 0.29) is 6.42 Å². The molecule has 96 valence electrons. The standard InChI is InChI=1S/C7H15F5O2S/c1-4-5-6(7(13-2)14-3)15(8,9,10,11)12/h6-7H,4-5H2,1-3H3. The van der Waals surface area contributed by atoms with E-state index in [0.29, 0.717) is 0 Å². The lowest BCUT2D eigenvalue weighted by Crippen LogP contribution is -2.39. The summed E-state index contributed by atoms with van der Waals surface area (Å²) >= 11 is 0. The molecule has 0 aromatic carbocycles. The van der Waals surface area contributed by atoms with Crippen LogP contribution in [0.25, 0.3) is 0 Å². The first-order valence-corrected chi connectivity index (χ1v) is 6.26.